The molecule has 3 aliphatic rings. The number of methoxy groups -OCH3 is 1. The molecule has 0 spiro atoms. The van der Waals surface area contributed by atoms with Crippen LogP contribution in [0, 0.1) is 5.41 Å². The number of fused-ring (bicyclic) bond motifs is 1. The Kier molecular flexibility index (Phi) is 7.01. The molecule has 2 aromatic rings. The Morgan fingerprint density at radius 2 is 1.97 bits per heavy atom. The number of alkyl halides is 3. The second-order valence-corrected chi connectivity index (χ2v) is 10.4. The molecule has 2 fully saturated rings. The summed E-state index contributed by atoms with van der Waals surface area (Å²) in [5, 5.41) is 8.10. The van der Waals surface area contributed by atoms with E-state index in [1.165, 1.54) is 0 Å². The average molecular weight is 535 g/mol. The lowest BCUT2D eigenvalue weighted by molar-refractivity contribution is -0.169. The molecule has 1 N–H and O–H groups in total. The van der Waals surface area contributed by atoms with E-state index in [0.29, 0.717) is 43.6 Å². The van der Waals surface area contributed by atoms with Gasteiger partial charge in [-0.1, -0.05) is 13.8 Å². The lowest BCUT2D eigenvalue weighted by Crippen LogP contribution is -2.45. The van der Waals surface area contributed by atoms with Gasteiger partial charge in [0.2, 0.25) is 0 Å². The first kappa shape index (κ1) is 26.3. The topological polar surface area (TPSA) is 87.0 Å². The summed E-state index contributed by atoms with van der Waals surface area (Å²) in [7, 11) is 1.64. The molecule has 5 rings (SSSR count). The lowest BCUT2D eigenvalue weighted by atomic mass is 9.89. The number of ether oxygens (including phenoxy) is 3. The van der Waals surface area contributed by atoms with Gasteiger partial charge in [0.1, 0.15) is 17.6 Å². The molecule has 9 nitrogen and oxygen atoms in total. The summed E-state index contributed by atoms with van der Waals surface area (Å²) in [6, 6.07) is 3.90. The fraction of sp³-hybridized carbons (Fsp3) is 0.577. The Hall–Kier alpha value is -3.28. The van der Waals surface area contributed by atoms with E-state index in [1.54, 1.807) is 13.3 Å². The molecule has 1 atom stereocenters. The fourth-order valence-corrected chi connectivity index (χ4v) is 5.39. The minimum atomic E-state index is -4.40. The van der Waals surface area contributed by atoms with Crippen molar-refractivity contribution in [1.82, 2.24) is 14.9 Å². The lowest BCUT2D eigenvalue weighted by Gasteiger charge is -2.30. The maximum atomic E-state index is 13.3. The number of anilines is 3. The molecule has 0 bridgehead atoms. The van der Waals surface area contributed by atoms with Crippen LogP contribution in [-0.2, 0) is 21.5 Å². The largest absolute Gasteiger partial charge is 0.494 e. The third kappa shape index (κ3) is 5.05. The van der Waals surface area contributed by atoms with Crippen molar-refractivity contribution in [2.45, 2.75) is 50.9 Å². The summed E-state index contributed by atoms with van der Waals surface area (Å²) in [6.07, 6.45) is -2.34. The minimum Gasteiger partial charge on any atom is -0.494 e. The van der Waals surface area contributed by atoms with Crippen LogP contribution in [-0.4, -0.2) is 79.6 Å². The molecule has 206 valence electrons. The molecule has 12 heteroatoms. The van der Waals surface area contributed by atoms with Crippen LogP contribution in [0.3, 0.4) is 0 Å². The van der Waals surface area contributed by atoms with Crippen molar-refractivity contribution in [2.24, 2.45) is 0 Å². The van der Waals surface area contributed by atoms with Crippen molar-refractivity contribution in [3.8, 4) is 5.75 Å². The summed E-state index contributed by atoms with van der Waals surface area (Å²) in [6.45, 7) is 7.80. The highest BCUT2D eigenvalue weighted by molar-refractivity contribution is 5.76. The standard InChI is InChI=1S/C26H33F3N6O3/c1-25(2)16-35(19-7-6-17(13-20(19)36-3)33-9-11-37-12-10-33)23-18(25)14-31-22(32-23)15-38-24(30)34-8-4-5-21(34)26(27,28)29/h6-7,13-14,21,30H,4-5,8-12,15-16H2,1-3H3/t21-/m1/s1. The number of halogens is 3. The van der Waals surface area contributed by atoms with E-state index in [-0.39, 0.29) is 25.0 Å². The number of rotatable bonds is 5. The molecule has 3 aliphatic heterocycles. The number of amidine groups is 1. The zero-order valence-electron chi connectivity index (χ0n) is 21.8. The fourth-order valence-electron chi connectivity index (χ4n) is 5.39. The van der Waals surface area contributed by atoms with Crippen LogP contribution in [0.1, 0.15) is 38.1 Å². The second-order valence-electron chi connectivity index (χ2n) is 10.4. The van der Waals surface area contributed by atoms with Crippen LogP contribution >= 0.6 is 0 Å². The van der Waals surface area contributed by atoms with Crippen molar-refractivity contribution in [1.29, 1.82) is 5.41 Å². The average Bonchev–Trinajstić information content (AvgIpc) is 3.50. The van der Waals surface area contributed by atoms with E-state index >= 15 is 0 Å². The van der Waals surface area contributed by atoms with E-state index in [0.717, 1.165) is 34.9 Å². The first-order chi connectivity index (χ1) is 18.1. The Bertz CT molecular complexity index is 1190. The van der Waals surface area contributed by atoms with E-state index in [4.69, 9.17) is 24.6 Å². The molecule has 0 aliphatic carbocycles. The van der Waals surface area contributed by atoms with E-state index in [9.17, 15) is 13.2 Å². The van der Waals surface area contributed by atoms with Crippen LogP contribution in [0.15, 0.2) is 24.4 Å². The van der Waals surface area contributed by atoms with Crippen LogP contribution in [0.2, 0.25) is 0 Å². The third-order valence-corrected chi connectivity index (χ3v) is 7.42. The van der Waals surface area contributed by atoms with Crippen molar-refractivity contribution in [3.63, 3.8) is 0 Å². The Labute approximate surface area is 220 Å². The molecular formula is C26H33F3N6O3. The number of likely N-dealkylation sites (tertiary alicyclic amines) is 1. The van der Waals surface area contributed by atoms with Gasteiger partial charge in [0.15, 0.2) is 12.4 Å². The summed E-state index contributed by atoms with van der Waals surface area (Å²) in [5.74, 6) is 1.70. The van der Waals surface area contributed by atoms with E-state index in [1.807, 2.05) is 12.1 Å². The molecule has 4 heterocycles. The maximum absolute atomic E-state index is 13.3. The first-order valence-electron chi connectivity index (χ1n) is 12.8. The van der Waals surface area contributed by atoms with Gasteiger partial charge in [0.25, 0.3) is 6.02 Å². The maximum Gasteiger partial charge on any atom is 0.408 e. The van der Waals surface area contributed by atoms with Gasteiger partial charge in [0, 0.05) is 55.1 Å². The predicted molar refractivity (Wildman–Crippen MR) is 136 cm³/mol. The molecular weight excluding hydrogens is 501 g/mol. The Morgan fingerprint density at radius 3 is 2.68 bits per heavy atom. The number of aromatic nitrogens is 2. The normalized spacial score (nSPS) is 21.0. The number of benzene rings is 1. The van der Waals surface area contributed by atoms with Gasteiger partial charge in [-0.25, -0.2) is 9.97 Å². The number of morpholine rings is 1. The SMILES string of the molecule is COc1cc(N2CCOCC2)ccc1N1CC(C)(C)c2cnc(COC(=N)N3CCC[C@@H]3C(F)(F)F)nc21. The highest BCUT2D eigenvalue weighted by Crippen LogP contribution is 2.46. The molecule has 0 amide bonds. The molecule has 1 aromatic carbocycles. The van der Waals surface area contributed by atoms with Gasteiger partial charge in [0.05, 0.1) is 26.0 Å². The van der Waals surface area contributed by atoms with Crippen LogP contribution in [0.4, 0.5) is 30.4 Å². The highest BCUT2D eigenvalue weighted by Gasteiger charge is 2.47. The van der Waals surface area contributed by atoms with Gasteiger partial charge in [-0.05, 0) is 25.0 Å². The van der Waals surface area contributed by atoms with E-state index in [2.05, 4.69) is 34.7 Å². The van der Waals surface area contributed by atoms with Crippen molar-refractivity contribution < 1.29 is 27.4 Å². The minimum absolute atomic E-state index is 0.0409. The van der Waals surface area contributed by atoms with Gasteiger partial charge in [-0.15, -0.1) is 0 Å². The first-order valence-corrected chi connectivity index (χ1v) is 12.8. The van der Waals surface area contributed by atoms with Crippen molar-refractivity contribution in [3.05, 3.63) is 35.8 Å². The molecule has 38 heavy (non-hydrogen) atoms. The van der Waals surface area contributed by atoms with Crippen LogP contribution < -0.4 is 14.5 Å². The molecule has 0 radical (unpaired) electrons. The highest BCUT2D eigenvalue weighted by atomic mass is 19.4. The summed E-state index contributed by atoms with van der Waals surface area (Å²) in [4.78, 5) is 14.4. The Balaban J connectivity index is 1.37. The summed E-state index contributed by atoms with van der Waals surface area (Å²) >= 11 is 0. The number of nitrogens with one attached hydrogen (secondary N) is 1. The molecule has 2 saturated heterocycles. The van der Waals surface area contributed by atoms with Gasteiger partial charge < -0.3 is 28.9 Å². The predicted octanol–water partition coefficient (Wildman–Crippen LogP) is 4.23. The number of hydrogen-bond acceptors (Lipinski definition) is 8. The van der Waals surface area contributed by atoms with Gasteiger partial charge in [-0.2, -0.15) is 13.2 Å². The van der Waals surface area contributed by atoms with Crippen molar-refractivity contribution >= 4 is 23.2 Å². The zero-order chi connectivity index (χ0) is 27.1. The smallest absolute Gasteiger partial charge is 0.408 e. The zero-order valence-corrected chi connectivity index (χ0v) is 21.8. The number of nitrogens with zero attached hydrogens (tertiary/aromatic N) is 5. The third-order valence-electron chi connectivity index (χ3n) is 7.42. The Morgan fingerprint density at radius 1 is 1.21 bits per heavy atom. The van der Waals surface area contributed by atoms with Crippen LogP contribution in [0.25, 0.3) is 0 Å². The van der Waals surface area contributed by atoms with Gasteiger partial charge >= 0.3 is 6.18 Å². The molecule has 0 unspecified atom stereocenters. The van der Waals surface area contributed by atoms with Crippen LogP contribution in [0.5, 0.6) is 5.75 Å². The van der Waals surface area contributed by atoms with Gasteiger partial charge in [-0.3, -0.25) is 5.41 Å². The second kappa shape index (κ2) is 10.1. The monoisotopic (exact) mass is 534 g/mol. The summed E-state index contributed by atoms with van der Waals surface area (Å²) < 4.78 is 56.6. The quantitative estimate of drug-likeness (QED) is 0.451. The molecule has 0 saturated carbocycles. The summed E-state index contributed by atoms with van der Waals surface area (Å²) in [5.41, 5.74) is 2.62. The number of hydrogen-bond donors (Lipinski definition) is 1. The molecule has 1 aromatic heterocycles. The van der Waals surface area contributed by atoms with E-state index < -0.39 is 18.2 Å². The van der Waals surface area contributed by atoms with Crippen molar-refractivity contribution in [2.75, 3.05) is 56.3 Å².